The second kappa shape index (κ2) is 3.41. The third-order valence-corrected chi connectivity index (χ3v) is 1.90. The minimum atomic E-state index is -1.02. The fourth-order valence-corrected chi connectivity index (χ4v) is 1.23. The van der Waals surface area contributed by atoms with E-state index in [4.69, 9.17) is 0 Å². The van der Waals surface area contributed by atoms with Crippen LogP contribution in [-0.4, -0.2) is 11.0 Å². The molecule has 0 amide bonds. The van der Waals surface area contributed by atoms with Crippen LogP contribution in [0, 0.1) is 0 Å². The second-order valence-corrected chi connectivity index (χ2v) is 2.78. The van der Waals surface area contributed by atoms with Gasteiger partial charge in [-0.05, 0) is 12.1 Å². The first-order valence-electron chi connectivity index (χ1n) is 3.99. The minimum absolute atomic E-state index is 0.103. The van der Waals surface area contributed by atoms with E-state index in [2.05, 4.69) is 9.93 Å². The van der Waals surface area contributed by atoms with E-state index in [1.807, 2.05) is 12.1 Å². The molecule has 0 saturated heterocycles. The summed E-state index contributed by atoms with van der Waals surface area (Å²) in [5.41, 5.74) is 0.856. The maximum absolute atomic E-state index is 11.6. The van der Waals surface area contributed by atoms with E-state index in [0.29, 0.717) is 0 Å². The fourth-order valence-electron chi connectivity index (χ4n) is 1.23. The molecule has 0 fully saturated rings. The number of rotatable bonds is 1. The van der Waals surface area contributed by atoms with Gasteiger partial charge in [-0.25, -0.2) is 9.74 Å². The first-order valence-corrected chi connectivity index (χ1v) is 3.99. The highest BCUT2D eigenvalue weighted by atomic mass is 19.3. The highest BCUT2D eigenvalue weighted by Gasteiger charge is 2.08. The van der Waals surface area contributed by atoms with Gasteiger partial charge in [-0.15, -0.1) is 0 Å². The van der Waals surface area contributed by atoms with Gasteiger partial charge >= 0.3 is 5.97 Å². The van der Waals surface area contributed by atoms with Gasteiger partial charge in [0.2, 0.25) is 0 Å². The lowest BCUT2D eigenvalue weighted by Gasteiger charge is -1.98. The number of aromatic nitrogens is 1. The molecule has 0 radical (unpaired) electrons. The van der Waals surface area contributed by atoms with Gasteiger partial charge in [0.25, 0.3) is 0 Å². The fraction of sp³-hybridized carbons (Fsp3) is 0. The summed E-state index contributed by atoms with van der Waals surface area (Å²) in [4.78, 5) is 17.9. The number of hydrogen-bond donors (Lipinski definition) is 0. The molecule has 0 aliphatic rings. The topological polar surface area (TPSA) is 39.2 Å². The van der Waals surface area contributed by atoms with Crippen molar-refractivity contribution >= 4 is 16.9 Å². The van der Waals surface area contributed by atoms with E-state index in [0.717, 1.165) is 10.9 Å². The van der Waals surface area contributed by atoms with Crippen molar-refractivity contribution in [1.82, 2.24) is 4.98 Å². The van der Waals surface area contributed by atoms with Crippen LogP contribution in [0.5, 0.6) is 0 Å². The number of pyridine rings is 1. The summed E-state index contributed by atoms with van der Waals surface area (Å²) < 4.78 is 11.6. The lowest BCUT2D eigenvalue weighted by molar-refractivity contribution is -0.0788. The van der Waals surface area contributed by atoms with Crippen LogP contribution in [0.2, 0.25) is 0 Å². The van der Waals surface area contributed by atoms with Gasteiger partial charge in [-0.2, -0.15) is 0 Å². The van der Waals surface area contributed by atoms with Crippen LogP contribution in [0.4, 0.5) is 4.53 Å². The average Bonchev–Trinajstić information content (AvgIpc) is 2.27. The van der Waals surface area contributed by atoms with E-state index in [-0.39, 0.29) is 5.56 Å². The summed E-state index contributed by atoms with van der Waals surface area (Å²) in [5.74, 6) is -1.02. The number of halogens is 1. The highest BCUT2D eigenvalue weighted by Crippen LogP contribution is 2.13. The number of para-hydroxylation sites is 1. The van der Waals surface area contributed by atoms with Gasteiger partial charge in [-0.1, -0.05) is 18.2 Å². The Kier molecular flexibility index (Phi) is 2.10. The molecule has 14 heavy (non-hydrogen) atoms. The van der Waals surface area contributed by atoms with Crippen LogP contribution < -0.4 is 0 Å². The molecule has 0 N–H and O–H groups in total. The summed E-state index contributed by atoms with van der Waals surface area (Å²) in [6.07, 6.45) is 1.28. The smallest absolute Gasteiger partial charge is 0.255 e. The minimum Gasteiger partial charge on any atom is -0.255 e. The van der Waals surface area contributed by atoms with E-state index in [1.165, 1.54) is 12.3 Å². The summed E-state index contributed by atoms with van der Waals surface area (Å²) in [6, 6.07) is 8.78. The summed E-state index contributed by atoms with van der Waals surface area (Å²) >= 11 is 0. The first-order chi connectivity index (χ1) is 6.81. The summed E-state index contributed by atoms with van der Waals surface area (Å²) in [6.45, 7) is 0. The van der Waals surface area contributed by atoms with Crippen LogP contribution in [-0.2, 0) is 4.94 Å². The predicted octanol–water partition coefficient (Wildman–Crippen LogP) is 2.28. The molecule has 0 bridgehead atoms. The SMILES string of the molecule is O=C(OF)c1cnc2ccccc2c1. The summed E-state index contributed by atoms with van der Waals surface area (Å²) in [5, 5.41) is 0.774. The third kappa shape index (κ3) is 1.42. The van der Waals surface area contributed by atoms with Crippen molar-refractivity contribution in [2.45, 2.75) is 0 Å². The standard InChI is InChI=1S/C10H6FNO2/c11-14-10(13)8-5-7-3-1-2-4-9(7)12-6-8/h1-6H. The molecule has 70 valence electrons. The number of nitrogens with zero attached hydrogens (tertiary/aromatic N) is 1. The third-order valence-electron chi connectivity index (χ3n) is 1.90. The van der Waals surface area contributed by atoms with Crippen LogP contribution >= 0.6 is 0 Å². The zero-order valence-corrected chi connectivity index (χ0v) is 7.11. The zero-order valence-electron chi connectivity index (χ0n) is 7.11. The summed E-state index contributed by atoms with van der Waals surface area (Å²) in [7, 11) is 0. The Bertz CT molecular complexity index is 484. The Labute approximate surface area is 79.0 Å². The number of benzene rings is 1. The first kappa shape index (κ1) is 8.62. The zero-order chi connectivity index (χ0) is 9.97. The molecule has 0 saturated carbocycles. The molecular formula is C10H6FNO2. The second-order valence-electron chi connectivity index (χ2n) is 2.78. The maximum Gasteiger partial charge on any atom is 0.381 e. The number of hydrogen-bond acceptors (Lipinski definition) is 3. The average molecular weight is 191 g/mol. The van der Waals surface area contributed by atoms with Crippen LogP contribution in [0.1, 0.15) is 10.4 Å². The normalized spacial score (nSPS) is 10.1. The monoisotopic (exact) mass is 191 g/mol. The number of carbonyl (C=O) groups excluding carboxylic acids is 1. The molecule has 0 aliphatic carbocycles. The molecule has 0 unspecified atom stereocenters. The Morgan fingerprint density at radius 2 is 2.14 bits per heavy atom. The van der Waals surface area contributed by atoms with Gasteiger partial charge in [0.1, 0.15) is 0 Å². The lowest BCUT2D eigenvalue weighted by Crippen LogP contribution is -1.99. The van der Waals surface area contributed by atoms with Gasteiger partial charge in [0.15, 0.2) is 0 Å². The van der Waals surface area contributed by atoms with Crippen molar-refractivity contribution in [3.05, 3.63) is 42.1 Å². The van der Waals surface area contributed by atoms with Crippen molar-refractivity contribution in [3.63, 3.8) is 0 Å². The van der Waals surface area contributed by atoms with Gasteiger partial charge in [0.05, 0.1) is 11.1 Å². The maximum atomic E-state index is 11.6. The molecule has 2 rings (SSSR count). The predicted molar refractivity (Wildman–Crippen MR) is 48.3 cm³/mol. The molecule has 1 heterocycles. The van der Waals surface area contributed by atoms with Crippen molar-refractivity contribution in [3.8, 4) is 0 Å². The van der Waals surface area contributed by atoms with Gasteiger partial charge in [-0.3, -0.25) is 4.98 Å². The molecule has 2 aromatic rings. The van der Waals surface area contributed by atoms with E-state index in [1.54, 1.807) is 12.1 Å². The Balaban J connectivity index is 2.56. The molecule has 0 spiro atoms. The highest BCUT2D eigenvalue weighted by molar-refractivity contribution is 5.93. The number of fused-ring (bicyclic) bond motifs is 1. The van der Waals surface area contributed by atoms with Crippen molar-refractivity contribution < 1.29 is 14.3 Å². The quantitative estimate of drug-likeness (QED) is 0.694. The molecule has 1 aromatic heterocycles. The van der Waals surface area contributed by atoms with Crippen LogP contribution in [0.15, 0.2) is 36.5 Å². The molecule has 4 heteroatoms. The molecule has 1 aromatic carbocycles. The Hall–Kier alpha value is -1.97. The van der Waals surface area contributed by atoms with E-state index < -0.39 is 5.97 Å². The largest absolute Gasteiger partial charge is 0.381 e. The van der Waals surface area contributed by atoms with Gasteiger partial charge in [0, 0.05) is 16.1 Å². The van der Waals surface area contributed by atoms with E-state index in [9.17, 15) is 9.32 Å². The molecular weight excluding hydrogens is 185 g/mol. The Morgan fingerprint density at radius 1 is 1.36 bits per heavy atom. The van der Waals surface area contributed by atoms with E-state index >= 15 is 0 Å². The van der Waals surface area contributed by atoms with Crippen molar-refractivity contribution in [2.24, 2.45) is 0 Å². The Morgan fingerprint density at radius 3 is 2.93 bits per heavy atom. The molecule has 0 atom stereocenters. The van der Waals surface area contributed by atoms with Gasteiger partial charge < -0.3 is 0 Å². The number of carbonyl (C=O) groups is 1. The van der Waals surface area contributed by atoms with Crippen molar-refractivity contribution in [1.29, 1.82) is 0 Å². The lowest BCUT2D eigenvalue weighted by atomic mass is 10.2. The van der Waals surface area contributed by atoms with Crippen LogP contribution in [0.25, 0.3) is 10.9 Å². The molecule has 0 aliphatic heterocycles. The van der Waals surface area contributed by atoms with Crippen molar-refractivity contribution in [2.75, 3.05) is 0 Å². The molecule has 3 nitrogen and oxygen atoms in total. The van der Waals surface area contributed by atoms with Crippen LogP contribution in [0.3, 0.4) is 0 Å².